The van der Waals surface area contributed by atoms with Crippen molar-refractivity contribution in [2.24, 2.45) is 11.7 Å². The average Bonchev–Trinajstić information content (AvgIpc) is 2.79. The summed E-state index contributed by atoms with van der Waals surface area (Å²) >= 11 is 4.07. The predicted molar refractivity (Wildman–Crippen MR) is 127 cm³/mol. The third kappa shape index (κ3) is 9.03. The molecule has 0 aromatic heterocycles. The molecule has 0 aliphatic heterocycles. The number of hydrogen-bond donors (Lipinski definition) is 7. The van der Waals surface area contributed by atoms with E-state index in [0.29, 0.717) is 6.42 Å². The molecule has 3 amide bonds. The van der Waals surface area contributed by atoms with Crippen LogP contribution in [0, 0.1) is 5.92 Å². The van der Waals surface area contributed by atoms with Crippen molar-refractivity contribution in [3.8, 4) is 0 Å². The number of carbonyl (C=O) groups excluding carboxylic acids is 3. The summed E-state index contributed by atoms with van der Waals surface area (Å²) in [4.78, 5) is 49.4. The van der Waals surface area contributed by atoms with E-state index in [2.05, 4.69) is 28.6 Å². The molecule has 0 spiro atoms. The Morgan fingerprint density at radius 3 is 2.00 bits per heavy atom. The Balaban J connectivity index is 3.01. The molecule has 0 saturated heterocycles. The molecule has 0 radical (unpaired) electrons. The van der Waals surface area contributed by atoms with Gasteiger partial charge in [0.2, 0.25) is 17.7 Å². The molecule has 1 aromatic carbocycles. The zero-order valence-corrected chi connectivity index (χ0v) is 19.9. The number of hydrogen-bond acceptors (Lipinski definition) is 7. The third-order valence-electron chi connectivity index (χ3n) is 5.34. The number of benzene rings is 1. The molecule has 7 N–H and O–H groups in total. The van der Waals surface area contributed by atoms with E-state index in [1.54, 1.807) is 24.3 Å². The quantitative estimate of drug-likeness (QED) is 0.185. The molecule has 1 aromatic rings. The monoisotopic (exact) mass is 482 g/mol. The zero-order valence-electron chi connectivity index (χ0n) is 19.0. The molecule has 184 valence electrons. The van der Waals surface area contributed by atoms with Gasteiger partial charge in [-0.05, 0) is 18.4 Å². The summed E-state index contributed by atoms with van der Waals surface area (Å²) in [6.07, 6.45) is -0.521. The van der Waals surface area contributed by atoms with Crippen molar-refractivity contribution in [3.05, 3.63) is 35.9 Å². The van der Waals surface area contributed by atoms with Crippen LogP contribution in [0.15, 0.2) is 30.3 Å². The summed E-state index contributed by atoms with van der Waals surface area (Å²) in [7, 11) is 0. The molecule has 0 bridgehead atoms. The Bertz CT molecular complexity index is 807. The smallest absolute Gasteiger partial charge is 0.328 e. The third-order valence-corrected chi connectivity index (χ3v) is 5.70. The number of aliphatic hydroxyl groups is 1. The number of amides is 3. The minimum absolute atomic E-state index is 0.102. The van der Waals surface area contributed by atoms with Crippen molar-refractivity contribution in [1.82, 2.24) is 16.0 Å². The molecular formula is C22H34N4O6S. The Hall–Kier alpha value is -2.63. The van der Waals surface area contributed by atoms with Gasteiger partial charge in [0.15, 0.2) is 6.04 Å². The van der Waals surface area contributed by atoms with Crippen LogP contribution in [0.3, 0.4) is 0 Å². The molecule has 1 rings (SSSR count). The second-order valence-corrected chi connectivity index (χ2v) is 8.34. The molecule has 0 aliphatic rings. The van der Waals surface area contributed by atoms with Gasteiger partial charge < -0.3 is 31.9 Å². The van der Waals surface area contributed by atoms with Gasteiger partial charge >= 0.3 is 5.97 Å². The zero-order chi connectivity index (χ0) is 25.1. The highest BCUT2D eigenvalue weighted by molar-refractivity contribution is 7.80. The number of carboxylic acids is 1. The Morgan fingerprint density at radius 1 is 0.970 bits per heavy atom. The van der Waals surface area contributed by atoms with Gasteiger partial charge in [0.1, 0.15) is 12.1 Å². The van der Waals surface area contributed by atoms with Crippen LogP contribution in [-0.2, 0) is 25.6 Å². The second kappa shape index (κ2) is 13.8. The first-order valence-corrected chi connectivity index (χ1v) is 11.4. The summed E-state index contributed by atoms with van der Waals surface area (Å²) < 4.78 is 0. The molecule has 6 atom stereocenters. The highest BCUT2D eigenvalue weighted by atomic mass is 32.1. The Labute approximate surface area is 199 Å². The average molecular weight is 483 g/mol. The van der Waals surface area contributed by atoms with E-state index < -0.39 is 54.0 Å². The molecule has 10 nitrogen and oxygen atoms in total. The van der Waals surface area contributed by atoms with Crippen LogP contribution in [0.5, 0.6) is 0 Å². The largest absolute Gasteiger partial charge is 0.480 e. The van der Waals surface area contributed by atoms with Crippen molar-refractivity contribution >= 4 is 36.3 Å². The van der Waals surface area contributed by atoms with Gasteiger partial charge in [-0.1, -0.05) is 50.6 Å². The second-order valence-electron chi connectivity index (χ2n) is 7.97. The Kier molecular flexibility index (Phi) is 11.9. The van der Waals surface area contributed by atoms with Crippen LogP contribution in [0.2, 0.25) is 0 Å². The lowest BCUT2D eigenvalue weighted by molar-refractivity contribution is -0.145. The number of nitrogens with one attached hydrogen (secondary N) is 3. The van der Waals surface area contributed by atoms with Crippen molar-refractivity contribution in [2.45, 2.75) is 63.9 Å². The lowest BCUT2D eigenvalue weighted by Gasteiger charge is -2.26. The van der Waals surface area contributed by atoms with E-state index in [9.17, 15) is 24.3 Å². The fraction of sp³-hybridized carbons (Fsp3) is 0.545. The van der Waals surface area contributed by atoms with E-state index in [0.717, 1.165) is 5.56 Å². The minimum atomic E-state index is -1.55. The number of carboxylic acid groups (broad SMARTS) is 1. The van der Waals surface area contributed by atoms with Crippen molar-refractivity contribution < 1.29 is 29.4 Å². The minimum Gasteiger partial charge on any atom is -0.480 e. The van der Waals surface area contributed by atoms with Crippen LogP contribution < -0.4 is 21.7 Å². The number of aliphatic hydroxyl groups excluding tert-OH is 1. The SMILES string of the molecule is CCC(C)C(N)C(=O)NC(Cc1ccccc1)C(=O)NC(CS)C(=O)NC(C(=O)O)C(C)O. The normalized spacial score (nSPS) is 16.4. The van der Waals surface area contributed by atoms with Gasteiger partial charge in [0.25, 0.3) is 0 Å². The summed E-state index contributed by atoms with van der Waals surface area (Å²) in [6, 6.07) is 4.41. The van der Waals surface area contributed by atoms with Gasteiger partial charge in [0, 0.05) is 12.2 Å². The maximum Gasteiger partial charge on any atom is 0.328 e. The molecule has 33 heavy (non-hydrogen) atoms. The lowest BCUT2D eigenvalue weighted by Crippen LogP contribution is -2.59. The van der Waals surface area contributed by atoms with Gasteiger partial charge in [-0.25, -0.2) is 4.79 Å². The van der Waals surface area contributed by atoms with E-state index >= 15 is 0 Å². The number of carbonyl (C=O) groups is 4. The van der Waals surface area contributed by atoms with Crippen LogP contribution in [0.1, 0.15) is 32.8 Å². The fourth-order valence-electron chi connectivity index (χ4n) is 2.95. The lowest BCUT2D eigenvalue weighted by atomic mass is 9.98. The van der Waals surface area contributed by atoms with E-state index in [1.165, 1.54) is 6.92 Å². The fourth-order valence-corrected chi connectivity index (χ4v) is 3.21. The molecule has 0 heterocycles. The summed E-state index contributed by atoms with van der Waals surface area (Å²) in [5, 5.41) is 26.1. The van der Waals surface area contributed by atoms with Gasteiger partial charge in [-0.3, -0.25) is 14.4 Å². The summed E-state index contributed by atoms with van der Waals surface area (Å²) in [5.74, 6) is -3.63. The maximum absolute atomic E-state index is 13.0. The summed E-state index contributed by atoms with van der Waals surface area (Å²) in [5.41, 5.74) is 6.78. The van der Waals surface area contributed by atoms with Gasteiger partial charge in [0.05, 0.1) is 12.1 Å². The van der Waals surface area contributed by atoms with Crippen molar-refractivity contribution in [2.75, 3.05) is 5.75 Å². The number of nitrogens with two attached hydrogens (primary N) is 1. The molecule has 0 fully saturated rings. The molecular weight excluding hydrogens is 448 g/mol. The topological polar surface area (TPSA) is 171 Å². The maximum atomic E-state index is 13.0. The van der Waals surface area contributed by atoms with Crippen molar-refractivity contribution in [3.63, 3.8) is 0 Å². The first-order chi connectivity index (χ1) is 15.5. The summed E-state index contributed by atoms with van der Waals surface area (Å²) in [6.45, 7) is 4.96. The van der Waals surface area contributed by atoms with Crippen LogP contribution in [-0.4, -0.2) is 69.9 Å². The van der Waals surface area contributed by atoms with Crippen LogP contribution >= 0.6 is 12.6 Å². The number of rotatable bonds is 13. The number of aliphatic carboxylic acids is 1. The van der Waals surface area contributed by atoms with Crippen LogP contribution in [0.4, 0.5) is 0 Å². The predicted octanol–water partition coefficient (Wildman–Crippen LogP) is -0.548. The van der Waals surface area contributed by atoms with Gasteiger partial charge in [-0.2, -0.15) is 12.6 Å². The standard InChI is InChI=1S/C22H34N4O6S/c1-4-12(2)17(23)21(30)24-15(10-14-8-6-5-7-9-14)19(28)25-16(11-33)20(29)26-18(13(3)27)22(31)32/h5-9,12-13,15-18,27,33H,4,10-11,23H2,1-3H3,(H,24,30)(H,25,28)(H,26,29)(H,31,32). The van der Waals surface area contributed by atoms with E-state index in [1.807, 2.05) is 19.9 Å². The van der Waals surface area contributed by atoms with Gasteiger partial charge in [-0.15, -0.1) is 0 Å². The molecule has 11 heteroatoms. The first-order valence-electron chi connectivity index (χ1n) is 10.7. The van der Waals surface area contributed by atoms with Crippen LogP contribution in [0.25, 0.3) is 0 Å². The first kappa shape index (κ1) is 28.4. The van der Waals surface area contributed by atoms with Crippen molar-refractivity contribution in [1.29, 1.82) is 0 Å². The van der Waals surface area contributed by atoms with E-state index in [4.69, 9.17) is 10.8 Å². The molecule has 6 unspecified atom stereocenters. The highest BCUT2D eigenvalue weighted by Gasteiger charge is 2.31. The molecule has 0 saturated carbocycles. The molecule has 0 aliphatic carbocycles. The van der Waals surface area contributed by atoms with E-state index in [-0.39, 0.29) is 18.1 Å². The number of thiol groups is 1. The Morgan fingerprint density at radius 2 is 1.52 bits per heavy atom. The highest BCUT2D eigenvalue weighted by Crippen LogP contribution is 2.08.